The van der Waals surface area contributed by atoms with E-state index in [4.69, 9.17) is 4.74 Å². The van der Waals surface area contributed by atoms with Crippen molar-refractivity contribution in [1.29, 1.82) is 0 Å². The van der Waals surface area contributed by atoms with E-state index in [9.17, 15) is 0 Å². The summed E-state index contributed by atoms with van der Waals surface area (Å²) in [6, 6.07) is 0. The second-order valence-corrected chi connectivity index (χ2v) is 4.81. The van der Waals surface area contributed by atoms with Gasteiger partial charge in [-0.1, -0.05) is 0 Å². The van der Waals surface area contributed by atoms with Crippen LogP contribution in [0, 0.1) is 6.92 Å². The number of rotatable bonds is 6. The lowest BCUT2D eigenvalue weighted by molar-refractivity contribution is 0.414. The summed E-state index contributed by atoms with van der Waals surface area (Å²) in [4.78, 5) is 8.42. The molecule has 0 aliphatic carbocycles. The van der Waals surface area contributed by atoms with E-state index in [1.54, 1.807) is 18.4 Å². The van der Waals surface area contributed by atoms with Crippen LogP contribution in [0.2, 0.25) is 0 Å². The van der Waals surface area contributed by atoms with Crippen LogP contribution in [0.4, 0.5) is 11.6 Å². The summed E-state index contributed by atoms with van der Waals surface area (Å²) < 4.78 is 5.38. The topological polar surface area (TPSA) is 59.1 Å². The first-order valence-electron chi connectivity index (χ1n) is 6.14. The number of thiophene rings is 1. The van der Waals surface area contributed by atoms with Crippen LogP contribution in [-0.4, -0.2) is 23.6 Å². The summed E-state index contributed by atoms with van der Waals surface area (Å²) in [6.07, 6.45) is 1.53. The van der Waals surface area contributed by atoms with Crippen molar-refractivity contribution >= 4 is 23.0 Å². The number of hydrogen-bond acceptors (Lipinski definition) is 6. The SMILES string of the molecule is CCNc1ncnc(NCc2cscc2C)c1OC. The highest BCUT2D eigenvalue weighted by Gasteiger charge is 2.11. The quantitative estimate of drug-likeness (QED) is 0.851. The normalized spacial score (nSPS) is 10.3. The molecular weight excluding hydrogens is 260 g/mol. The molecule has 0 atom stereocenters. The first-order chi connectivity index (χ1) is 9.26. The van der Waals surface area contributed by atoms with E-state index in [2.05, 4.69) is 38.3 Å². The van der Waals surface area contributed by atoms with Crippen molar-refractivity contribution in [2.45, 2.75) is 20.4 Å². The molecule has 0 unspecified atom stereocenters. The smallest absolute Gasteiger partial charge is 0.204 e. The first kappa shape index (κ1) is 13.6. The Morgan fingerprint density at radius 2 is 1.95 bits per heavy atom. The first-order valence-corrected chi connectivity index (χ1v) is 7.09. The summed E-state index contributed by atoms with van der Waals surface area (Å²) in [5, 5.41) is 10.7. The Balaban J connectivity index is 2.15. The van der Waals surface area contributed by atoms with E-state index in [1.165, 1.54) is 17.5 Å². The Labute approximate surface area is 117 Å². The molecule has 0 fully saturated rings. The zero-order valence-corrected chi connectivity index (χ0v) is 12.2. The molecule has 0 aliphatic heterocycles. The highest BCUT2D eigenvalue weighted by molar-refractivity contribution is 7.08. The third kappa shape index (κ3) is 3.14. The van der Waals surface area contributed by atoms with Crippen molar-refractivity contribution in [2.24, 2.45) is 0 Å². The highest BCUT2D eigenvalue weighted by atomic mass is 32.1. The van der Waals surface area contributed by atoms with Gasteiger partial charge in [-0.2, -0.15) is 11.3 Å². The van der Waals surface area contributed by atoms with Crippen LogP contribution in [0.25, 0.3) is 0 Å². The van der Waals surface area contributed by atoms with E-state index in [0.29, 0.717) is 17.4 Å². The van der Waals surface area contributed by atoms with Gasteiger partial charge in [-0.05, 0) is 35.7 Å². The van der Waals surface area contributed by atoms with Gasteiger partial charge in [-0.25, -0.2) is 9.97 Å². The number of nitrogens with zero attached hydrogens (tertiary/aromatic N) is 2. The van der Waals surface area contributed by atoms with Crippen molar-refractivity contribution in [3.63, 3.8) is 0 Å². The van der Waals surface area contributed by atoms with Crippen molar-refractivity contribution < 1.29 is 4.74 Å². The fourth-order valence-corrected chi connectivity index (χ4v) is 2.59. The number of hydrogen-bond donors (Lipinski definition) is 2. The fourth-order valence-electron chi connectivity index (χ4n) is 1.73. The molecule has 102 valence electrons. The maximum absolute atomic E-state index is 5.38. The number of ether oxygens (including phenoxy) is 1. The summed E-state index contributed by atoms with van der Waals surface area (Å²) >= 11 is 1.71. The molecular formula is C13H18N4OS. The van der Waals surface area contributed by atoms with Crippen LogP contribution >= 0.6 is 11.3 Å². The van der Waals surface area contributed by atoms with Gasteiger partial charge in [0.2, 0.25) is 5.75 Å². The van der Waals surface area contributed by atoms with Crippen LogP contribution in [-0.2, 0) is 6.54 Å². The maximum atomic E-state index is 5.38. The van der Waals surface area contributed by atoms with Crippen molar-refractivity contribution in [1.82, 2.24) is 9.97 Å². The van der Waals surface area contributed by atoms with Gasteiger partial charge in [0.1, 0.15) is 6.33 Å². The standard InChI is InChI=1S/C13H18N4OS/c1-4-14-12-11(18-3)13(17-8-16-12)15-5-10-7-19-6-9(10)2/h6-8H,4-5H2,1-3H3,(H2,14,15,16,17). The molecule has 0 saturated carbocycles. The molecule has 0 saturated heterocycles. The van der Waals surface area contributed by atoms with E-state index >= 15 is 0 Å². The Kier molecular flexibility index (Phi) is 4.57. The second-order valence-electron chi connectivity index (χ2n) is 4.07. The number of nitrogens with one attached hydrogen (secondary N) is 2. The van der Waals surface area contributed by atoms with Crippen molar-refractivity contribution in [3.8, 4) is 5.75 Å². The Hall–Kier alpha value is -1.82. The average Bonchev–Trinajstić information content (AvgIpc) is 2.82. The molecule has 0 aromatic carbocycles. The van der Waals surface area contributed by atoms with Gasteiger partial charge >= 0.3 is 0 Å². The summed E-state index contributed by atoms with van der Waals surface area (Å²) in [5.74, 6) is 2.07. The van der Waals surface area contributed by atoms with Crippen LogP contribution in [0.3, 0.4) is 0 Å². The molecule has 2 heterocycles. The van der Waals surface area contributed by atoms with E-state index in [0.717, 1.165) is 13.1 Å². The summed E-state index contributed by atoms with van der Waals surface area (Å²) in [5.41, 5.74) is 2.56. The third-order valence-corrected chi connectivity index (χ3v) is 3.67. The minimum atomic E-state index is 0.650. The lowest BCUT2D eigenvalue weighted by Gasteiger charge is -2.13. The van der Waals surface area contributed by atoms with E-state index in [1.807, 2.05) is 6.92 Å². The molecule has 2 aromatic rings. The van der Waals surface area contributed by atoms with Crippen LogP contribution in [0.15, 0.2) is 17.1 Å². The predicted octanol–water partition coefficient (Wildman–Crippen LogP) is 2.90. The van der Waals surface area contributed by atoms with Gasteiger partial charge in [-0.15, -0.1) is 0 Å². The largest absolute Gasteiger partial charge is 0.490 e. The van der Waals surface area contributed by atoms with Gasteiger partial charge in [0.15, 0.2) is 11.6 Å². The Morgan fingerprint density at radius 3 is 2.53 bits per heavy atom. The zero-order chi connectivity index (χ0) is 13.7. The molecule has 2 rings (SSSR count). The van der Waals surface area contributed by atoms with Gasteiger partial charge < -0.3 is 15.4 Å². The summed E-state index contributed by atoms with van der Waals surface area (Å²) in [7, 11) is 1.63. The monoisotopic (exact) mass is 278 g/mol. The van der Waals surface area contributed by atoms with Crippen LogP contribution in [0.5, 0.6) is 5.75 Å². The number of anilines is 2. The molecule has 0 aliphatic rings. The van der Waals surface area contributed by atoms with Crippen LogP contribution in [0.1, 0.15) is 18.1 Å². The lowest BCUT2D eigenvalue weighted by Crippen LogP contribution is -2.08. The fraction of sp³-hybridized carbons (Fsp3) is 0.385. The molecule has 0 amide bonds. The predicted molar refractivity (Wildman–Crippen MR) is 79.1 cm³/mol. The van der Waals surface area contributed by atoms with E-state index in [-0.39, 0.29) is 0 Å². The number of aryl methyl sites for hydroxylation is 1. The Morgan fingerprint density at radius 1 is 1.21 bits per heavy atom. The van der Waals surface area contributed by atoms with Gasteiger partial charge in [0.05, 0.1) is 7.11 Å². The maximum Gasteiger partial charge on any atom is 0.204 e. The summed E-state index contributed by atoms with van der Waals surface area (Å²) in [6.45, 7) is 5.64. The van der Waals surface area contributed by atoms with Crippen LogP contribution < -0.4 is 15.4 Å². The highest BCUT2D eigenvalue weighted by Crippen LogP contribution is 2.29. The molecule has 0 spiro atoms. The molecule has 6 heteroatoms. The second kappa shape index (κ2) is 6.38. The van der Waals surface area contributed by atoms with Crippen molar-refractivity contribution in [3.05, 3.63) is 28.2 Å². The lowest BCUT2D eigenvalue weighted by atomic mass is 10.2. The molecule has 5 nitrogen and oxygen atoms in total. The van der Waals surface area contributed by atoms with Gasteiger partial charge in [0, 0.05) is 13.1 Å². The molecule has 2 N–H and O–H groups in total. The number of methoxy groups -OCH3 is 1. The Bertz CT molecular complexity index is 541. The molecule has 19 heavy (non-hydrogen) atoms. The molecule has 2 aromatic heterocycles. The minimum Gasteiger partial charge on any atom is -0.490 e. The van der Waals surface area contributed by atoms with Crippen molar-refractivity contribution in [2.75, 3.05) is 24.3 Å². The average molecular weight is 278 g/mol. The van der Waals surface area contributed by atoms with Gasteiger partial charge in [-0.3, -0.25) is 0 Å². The van der Waals surface area contributed by atoms with E-state index < -0.39 is 0 Å². The molecule has 0 bridgehead atoms. The number of aromatic nitrogens is 2. The third-order valence-electron chi connectivity index (χ3n) is 2.76. The van der Waals surface area contributed by atoms with Gasteiger partial charge in [0.25, 0.3) is 0 Å². The molecule has 0 radical (unpaired) electrons. The minimum absolute atomic E-state index is 0.650. The zero-order valence-electron chi connectivity index (χ0n) is 11.4.